The van der Waals surface area contributed by atoms with Crippen LogP contribution in [-0.4, -0.2) is 7.05 Å². The molecule has 2 rings (SSSR count). The van der Waals surface area contributed by atoms with E-state index in [1.54, 1.807) is 0 Å². The summed E-state index contributed by atoms with van der Waals surface area (Å²) in [5.74, 6) is 0. The first-order valence-corrected chi connectivity index (χ1v) is 6.87. The Morgan fingerprint density at radius 3 is 2.16 bits per heavy atom. The maximum atomic E-state index is 5.61. The summed E-state index contributed by atoms with van der Waals surface area (Å²) in [6.45, 7) is 5.48. The fourth-order valence-corrected chi connectivity index (χ4v) is 1.97. The van der Waals surface area contributed by atoms with Gasteiger partial charge in [0, 0.05) is 13.1 Å². The van der Waals surface area contributed by atoms with Crippen molar-refractivity contribution in [1.29, 1.82) is 0 Å². The number of nitrogens with one attached hydrogen (secondary N) is 1. The van der Waals surface area contributed by atoms with Crippen LogP contribution in [0.1, 0.15) is 25.0 Å². The van der Waals surface area contributed by atoms with Gasteiger partial charge in [-0.05, 0) is 29.3 Å². The smallest absolute Gasteiger partial charge is 0.0208 e. The maximum Gasteiger partial charge on any atom is 0.0208 e. The third-order valence-electron chi connectivity index (χ3n) is 2.89. The molecular formula is C17H24N2. The Labute approximate surface area is 116 Å². The van der Waals surface area contributed by atoms with Gasteiger partial charge in [0.25, 0.3) is 0 Å². The van der Waals surface area contributed by atoms with Gasteiger partial charge in [-0.2, -0.15) is 0 Å². The molecule has 0 aliphatic carbocycles. The highest BCUT2D eigenvalue weighted by Crippen LogP contribution is 2.23. The van der Waals surface area contributed by atoms with Crippen molar-refractivity contribution in [2.24, 2.45) is 5.73 Å². The summed E-state index contributed by atoms with van der Waals surface area (Å²) >= 11 is 0. The summed E-state index contributed by atoms with van der Waals surface area (Å²) in [4.78, 5) is 0. The van der Waals surface area contributed by atoms with Gasteiger partial charge in [-0.1, -0.05) is 62.4 Å². The Morgan fingerprint density at radius 2 is 1.58 bits per heavy atom. The molecule has 102 valence electrons. The Kier molecular flexibility index (Phi) is 6.86. The van der Waals surface area contributed by atoms with Gasteiger partial charge in [0.15, 0.2) is 0 Å². The fourth-order valence-electron chi connectivity index (χ4n) is 1.97. The molecule has 3 N–H and O–H groups in total. The minimum Gasteiger partial charge on any atom is -0.326 e. The number of hydrogen-bond donors (Lipinski definition) is 2. The van der Waals surface area contributed by atoms with E-state index in [2.05, 4.69) is 53.8 Å². The van der Waals surface area contributed by atoms with Crippen LogP contribution >= 0.6 is 0 Å². The van der Waals surface area contributed by atoms with Gasteiger partial charge in [0.2, 0.25) is 0 Å². The molecule has 0 amide bonds. The van der Waals surface area contributed by atoms with E-state index in [4.69, 9.17) is 5.73 Å². The average molecular weight is 256 g/mol. The highest BCUT2D eigenvalue weighted by atomic mass is 14.8. The van der Waals surface area contributed by atoms with Crippen LogP contribution < -0.4 is 11.1 Å². The van der Waals surface area contributed by atoms with Gasteiger partial charge >= 0.3 is 0 Å². The number of benzene rings is 2. The first-order chi connectivity index (χ1) is 9.35. The molecule has 0 atom stereocenters. The zero-order valence-corrected chi connectivity index (χ0v) is 12.1. The van der Waals surface area contributed by atoms with Crippen molar-refractivity contribution in [3.8, 4) is 11.1 Å². The van der Waals surface area contributed by atoms with Gasteiger partial charge in [-0.3, -0.25) is 0 Å². The Hall–Kier alpha value is -1.64. The third-order valence-corrected chi connectivity index (χ3v) is 2.89. The van der Waals surface area contributed by atoms with Crippen molar-refractivity contribution in [1.82, 2.24) is 5.32 Å². The second-order valence-corrected chi connectivity index (χ2v) is 4.09. The molecule has 0 heterocycles. The zero-order valence-electron chi connectivity index (χ0n) is 12.1. The van der Waals surface area contributed by atoms with Crippen molar-refractivity contribution in [2.75, 3.05) is 7.05 Å². The highest BCUT2D eigenvalue weighted by Gasteiger charge is 2.03. The van der Waals surface area contributed by atoms with E-state index in [1.165, 1.54) is 22.3 Å². The van der Waals surface area contributed by atoms with E-state index in [0.29, 0.717) is 6.54 Å². The molecule has 0 aliphatic rings. The molecule has 2 heteroatoms. The summed E-state index contributed by atoms with van der Waals surface area (Å²) in [5.41, 5.74) is 10.6. The lowest BCUT2D eigenvalue weighted by Crippen LogP contribution is -2.06. The molecule has 2 aromatic carbocycles. The molecule has 0 aromatic heterocycles. The quantitative estimate of drug-likeness (QED) is 0.878. The van der Waals surface area contributed by atoms with Gasteiger partial charge < -0.3 is 11.1 Å². The number of hydrogen-bond acceptors (Lipinski definition) is 2. The van der Waals surface area contributed by atoms with Crippen LogP contribution in [0.3, 0.4) is 0 Å². The van der Waals surface area contributed by atoms with E-state index >= 15 is 0 Å². The molecule has 0 saturated heterocycles. The number of nitrogens with two attached hydrogens (primary N) is 1. The summed E-state index contributed by atoms with van der Waals surface area (Å²) in [7, 11) is 1.97. The maximum absolute atomic E-state index is 5.61. The highest BCUT2D eigenvalue weighted by molar-refractivity contribution is 5.67. The van der Waals surface area contributed by atoms with Crippen molar-refractivity contribution in [3.63, 3.8) is 0 Å². The molecule has 2 aromatic rings. The van der Waals surface area contributed by atoms with Crippen LogP contribution in [0.2, 0.25) is 0 Å². The van der Waals surface area contributed by atoms with E-state index in [-0.39, 0.29) is 0 Å². The van der Waals surface area contributed by atoms with Crippen LogP contribution in [0.15, 0.2) is 48.5 Å². The third kappa shape index (κ3) is 4.19. The molecule has 19 heavy (non-hydrogen) atoms. The SMILES string of the molecule is CC.CNCc1ccccc1-c1ccc(CN)cc1. The second kappa shape index (κ2) is 8.46. The first kappa shape index (κ1) is 15.4. The molecule has 0 fully saturated rings. The lowest BCUT2D eigenvalue weighted by atomic mass is 9.98. The minimum absolute atomic E-state index is 0.596. The average Bonchev–Trinajstić information content (AvgIpc) is 2.50. The van der Waals surface area contributed by atoms with Crippen molar-refractivity contribution >= 4 is 0 Å². The lowest BCUT2D eigenvalue weighted by Gasteiger charge is -2.09. The molecule has 0 spiro atoms. The van der Waals surface area contributed by atoms with Gasteiger partial charge in [-0.25, -0.2) is 0 Å². The number of rotatable bonds is 4. The summed E-state index contributed by atoms with van der Waals surface area (Å²) < 4.78 is 0. The van der Waals surface area contributed by atoms with Gasteiger partial charge in [0.05, 0.1) is 0 Å². The molecule has 0 bridgehead atoms. The normalized spacial score (nSPS) is 9.68. The van der Waals surface area contributed by atoms with Crippen LogP contribution in [-0.2, 0) is 13.1 Å². The van der Waals surface area contributed by atoms with E-state index in [1.807, 2.05) is 20.9 Å². The molecular weight excluding hydrogens is 232 g/mol. The van der Waals surface area contributed by atoms with Crippen LogP contribution in [0.5, 0.6) is 0 Å². The molecule has 0 saturated carbocycles. The van der Waals surface area contributed by atoms with Crippen LogP contribution in [0.4, 0.5) is 0 Å². The second-order valence-electron chi connectivity index (χ2n) is 4.09. The van der Waals surface area contributed by atoms with Crippen molar-refractivity contribution < 1.29 is 0 Å². The van der Waals surface area contributed by atoms with Gasteiger partial charge in [-0.15, -0.1) is 0 Å². The summed E-state index contributed by atoms with van der Waals surface area (Å²) in [6, 6.07) is 16.9. The Balaban J connectivity index is 0.000000861. The van der Waals surface area contributed by atoms with Crippen molar-refractivity contribution in [2.45, 2.75) is 26.9 Å². The lowest BCUT2D eigenvalue weighted by molar-refractivity contribution is 0.819. The summed E-state index contributed by atoms with van der Waals surface area (Å²) in [6.07, 6.45) is 0. The molecule has 0 unspecified atom stereocenters. The van der Waals surface area contributed by atoms with E-state index in [0.717, 1.165) is 6.54 Å². The van der Waals surface area contributed by atoms with E-state index in [9.17, 15) is 0 Å². The topological polar surface area (TPSA) is 38.0 Å². The largest absolute Gasteiger partial charge is 0.326 e. The van der Waals surface area contributed by atoms with Crippen LogP contribution in [0.25, 0.3) is 11.1 Å². The molecule has 0 aliphatic heterocycles. The predicted octanol–water partition coefficient (Wildman–Crippen LogP) is 3.56. The van der Waals surface area contributed by atoms with Crippen LogP contribution in [0, 0.1) is 0 Å². The minimum atomic E-state index is 0.596. The molecule has 2 nitrogen and oxygen atoms in total. The van der Waals surface area contributed by atoms with Gasteiger partial charge in [0.1, 0.15) is 0 Å². The molecule has 0 radical (unpaired) electrons. The Morgan fingerprint density at radius 1 is 0.947 bits per heavy atom. The monoisotopic (exact) mass is 256 g/mol. The Bertz CT molecular complexity index is 475. The zero-order chi connectivity index (χ0) is 14.1. The first-order valence-electron chi connectivity index (χ1n) is 6.87. The summed E-state index contributed by atoms with van der Waals surface area (Å²) in [5, 5.41) is 3.20. The standard InChI is InChI=1S/C15H18N2.C2H6/c1-17-11-14-4-2-3-5-15(14)13-8-6-12(10-16)7-9-13;1-2/h2-9,17H,10-11,16H2,1H3;1-2H3. The predicted molar refractivity (Wildman–Crippen MR) is 83.9 cm³/mol. The fraction of sp³-hybridized carbons (Fsp3) is 0.294. The van der Waals surface area contributed by atoms with Crippen molar-refractivity contribution in [3.05, 3.63) is 59.7 Å². The van der Waals surface area contributed by atoms with E-state index < -0.39 is 0 Å².